The van der Waals surface area contributed by atoms with Crippen molar-refractivity contribution >= 4 is 23.2 Å². The van der Waals surface area contributed by atoms with Crippen LogP contribution in [0.1, 0.15) is 44.0 Å². The molecule has 1 fully saturated rings. The number of carbonyl (C=O) groups is 2. The van der Waals surface area contributed by atoms with E-state index in [1.54, 1.807) is 41.3 Å². The Hall–Kier alpha value is -2.99. The second-order valence-corrected chi connectivity index (χ2v) is 8.06. The van der Waals surface area contributed by atoms with Crippen LogP contribution in [0.3, 0.4) is 0 Å². The maximum absolute atomic E-state index is 14.0. The Labute approximate surface area is 173 Å². The average molecular weight is 408 g/mol. The van der Waals surface area contributed by atoms with Crippen LogP contribution < -0.4 is 5.32 Å². The topological polar surface area (TPSA) is 49.4 Å². The van der Waals surface area contributed by atoms with Gasteiger partial charge in [-0.05, 0) is 48.1 Å². The Bertz CT molecular complexity index is 998. The summed E-state index contributed by atoms with van der Waals surface area (Å²) < 4.78 is 14.0. The molecule has 4 rings (SSSR count). The highest BCUT2D eigenvalue weighted by Crippen LogP contribution is 2.30. The molecule has 1 aliphatic rings. The highest BCUT2D eigenvalue weighted by molar-refractivity contribution is 7.12. The van der Waals surface area contributed by atoms with Crippen LogP contribution >= 0.6 is 11.3 Å². The molecular weight excluding hydrogens is 387 g/mol. The van der Waals surface area contributed by atoms with Gasteiger partial charge in [0.05, 0.1) is 4.88 Å². The van der Waals surface area contributed by atoms with Gasteiger partial charge in [0.1, 0.15) is 5.82 Å². The number of amides is 2. The number of nitrogens with one attached hydrogen (secondary N) is 1. The van der Waals surface area contributed by atoms with Crippen LogP contribution in [0.15, 0.2) is 66.0 Å². The largest absolute Gasteiger partial charge is 0.347 e. The van der Waals surface area contributed by atoms with Gasteiger partial charge in [0, 0.05) is 30.3 Å². The van der Waals surface area contributed by atoms with Crippen molar-refractivity contribution in [1.29, 1.82) is 0 Å². The van der Waals surface area contributed by atoms with Gasteiger partial charge in [-0.1, -0.05) is 36.4 Å². The first-order valence-electron chi connectivity index (χ1n) is 9.57. The van der Waals surface area contributed by atoms with Gasteiger partial charge in [-0.3, -0.25) is 9.59 Å². The van der Waals surface area contributed by atoms with Crippen molar-refractivity contribution in [3.63, 3.8) is 0 Å². The van der Waals surface area contributed by atoms with E-state index in [1.165, 1.54) is 17.4 Å². The van der Waals surface area contributed by atoms with Crippen LogP contribution in [-0.4, -0.2) is 22.8 Å². The molecule has 0 atom stereocenters. The summed E-state index contributed by atoms with van der Waals surface area (Å²) in [6.45, 7) is 0.668. The van der Waals surface area contributed by atoms with Gasteiger partial charge in [0.2, 0.25) is 0 Å². The Balaban J connectivity index is 1.41. The number of benzene rings is 2. The van der Waals surface area contributed by atoms with E-state index in [1.807, 2.05) is 23.6 Å². The van der Waals surface area contributed by atoms with E-state index in [0.29, 0.717) is 22.5 Å². The van der Waals surface area contributed by atoms with Gasteiger partial charge < -0.3 is 10.2 Å². The van der Waals surface area contributed by atoms with Crippen molar-refractivity contribution in [2.45, 2.75) is 32.0 Å². The minimum absolute atomic E-state index is 0.0927. The summed E-state index contributed by atoms with van der Waals surface area (Å²) in [6, 6.07) is 17.6. The number of carbonyl (C=O) groups excluding carboxylic acids is 2. The van der Waals surface area contributed by atoms with Gasteiger partial charge in [-0.2, -0.15) is 0 Å². The summed E-state index contributed by atoms with van der Waals surface area (Å²) in [7, 11) is 0. The zero-order valence-corrected chi connectivity index (χ0v) is 16.6. The van der Waals surface area contributed by atoms with Crippen molar-refractivity contribution < 1.29 is 14.0 Å². The molecule has 1 heterocycles. The number of hydrogen-bond donors (Lipinski definition) is 1. The van der Waals surface area contributed by atoms with Crippen LogP contribution in [0, 0.1) is 5.82 Å². The first-order valence-corrected chi connectivity index (χ1v) is 10.4. The number of halogens is 1. The van der Waals surface area contributed by atoms with E-state index in [4.69, 9.17) is 0 Å². The van der Waals surface area contributed by atoms with Gasteiger partial charge in [0.25, 0.3) is 11.8 Å². The lowest BCUT2D eigenvalue weighted by atomic mass is 10.1. The zero-order valence-electron chi connectivity index (χ0n) is 15.8. The van der Waals surface area contributed by atoms with E-state index in [0.717, 1.165) is 18.4 Å². The van der Waals surface area contributed by atoms with Crippen LogP contribution in [0.2, 0.25) is 0 Å². The highest BCUT2D eigenvalue weighted by atomic mass is 32.1. The number of nitrogens with zero attached hydrogens (tertiary/aromatic N) is 1. The predicted molar refractivity (Wildman–Crippen MR) is 111 cm³/mol. The summed E-state index contributed by atoms with van der Waals surface area (Å²) >= 11 is 1.40. The average Bonchev–Trinajstić information content (AvgIpc) is 3.43. The molecule has 0 spiro atoms. The molecule has 1 N–H and O–H groups in total. The minimum Gasteiger partial charge on any atom is -0.347 e. The summed E-state index contributed by atoms with van der Waals surface area (Å²) in [5.41, 5.74) is 2.01. The van der Waals surface area contributed by atoms with E-state index in [-0.39, 0.29) is 30.2 Å². The maximum Gasteiger partial charge on any atom is 0.261 e. The maximum atomic E-state index is 14.0. The Morgan fingerprint density at radius 3 is 2.45 bits per heavy atom. The lowest BCUT2D eigenvalue weighted by Crippen LogP contribution is -2.33. The first-order chi connectivity index (χ1) is 14.1. The molecule has 3 aromatic rings. The molecule has 0 saturated heterocycles. The standard InChI is InChI=1S/C23H21FN2O2S/c24-20-5-2-1-4-18(20)15-26(19-11-12-19)23(28)17-9-7-16(8-10-17)14-25-22(27)21-6-3-13-29-21/h1-10,13,19H,11-12,14-15H2,(H,25,27). The second-order valence-electron chi connectivity index (χ2n) is 7.11. The fourth-order valence-electron chi connectivity index (χ4n) is 3.17. The highest BCUT2D eigenvalue weighted by Gasteiger charge is 2.33. The summed E-state index contributed by atoms with van der Waals surface area (Å²) in [5.74, 6) is -0.488. The molecule has 0 unspecified atom stereocenters. The molecule has 0 aliphatic heterocycles. The normalized spacial score (nSPS) is 13.1. The van der Waals surface area contributed by atoms with Crippen molar-refractivity contribution in [2.75, 3.05) is 0 Å². The molecule has 0 radical (unpaired) electrons. The molecule has 1 saturated carbocycles. The molecule has 6 heteroatoms. The summed E-state index contributed by atoms with van der Waals surface area (Å²) in [6.07, 6.45) is 1.90. The molecule has 1 aromatic heterocycles. The van der Waals surface area contributed by atoms with E-state index in [9.17, 15) is 14.0 Å². The third-order valence-corrected chi connectivity index (χ3v) is 5.81. The van der Waals surface area contributed by atoms with Crippen molar-refractivity contribution in [3.8, 4) is 0 Å². The molecular formula is C23H21FN2O2S. The fraction of sp³-hybridized carbons (Fsp3) is 0.217. The second kappa shape index (κ2) is 8.57. The monoisotopic (exact) mass is 408 g/mol. The number of thiophene rings is 1. The molecule has 148 valence electrons. The van der Waals surface area contributed by atoms with Crippen molar-refractivity contribution in [3.05, 3.63) is 93.4 Å². The molecule has 1 aliphatic carbocycles. The van der Waals surface area contributed by atoms with Crippen LogP contribution in [0.5, 0.6) is 0 Å². The van der Waals surface area contributed by atoms with Crippen LogP contribution in [0.4, 0.5) is 4.39 Å². The minimum atomic E-state index is -0.289. The first kappa shape index (κ1) is 19.3. The van der Waals surface area contributed by atoms with Crippen molar-refractivity contribution in [2.24, 2.45) is 0 Å². The third-order valence-electron chi connectivity index (χ3n) is 4.95. The quantitative estimate of drug-likeness (QED) is 0.620. The summed E-state index contributed by atoms with van der Waals surface area (Å²) in [5, 5.41) is 4.74. The molecule has 2 aromatic carbocycles. The third kappa shape index (κ3) is 4.71. The fourth-order valence-corrected chi connectivity index (χ4v) is 3.81. The Kier molecular flexibility index (Phi) is 5.71. The Morgan fingerprint density at radius 1 is 1.03 bits per heavy atom. The lowest BCUT2D eigenvalue weighted by Gasteiger charge is -2.23. The SMILES string of the molecule is O=C(NCc1ccc(C(=O)N(Cc2ccccc2F)C2CC2)cc1)c1cccs1. The van der Waals surface area contributed by atoms with Gasteiger partial charge in [-0.15, -0.1) is 11.3 Å². The summed E-state index contributed by atoms with van der Waals surface area (Å²) in [4.78, 5) is 27.5. The molecule has 0 bridgehead atoms. The van der Waals surface area contributed by atoms with Gasteiger partial charge in [-0.25, -0.2) is 4.39 Å². The van der Waals surface area contributed by atoms with Crippen molar-refractivity contribution in [1.82, 2.24) is 10.2 Å². The molecule has 4 nitrogen and oxygen atoms in total. The van der Waals surface area contributed by atoms with E-state index < -0.39 is 0 Å². The van der Waals surface area contributed by atoms with Crippen LogP contribution in [-0.2, 0) is 13.1 Å². The van der Waals surface area contributed by atoms with E-state index >= 15 is 0 Å². The Morgan fingerprint density at radius 2 is 1.79 bits per heavy atom. The number of hydrogen-bond acceptors (Lipinski definition) is 3. The molecule has 2 amide bonds. The lowest BCUT2D eigenvalue weighted by molar-refractivity contribution is 0.0728. The smallest absolute Gasteiger partial charge is 0.261 e. The van der Waals surface area contributed by atoms with E-state index in [2.05, 4.69) is 5.32 Å². The van der Waals surface area contributed by atoms with Gasteiger partial charge in [0.15, 0.2) is 0 Å². The number of rotatable bonds is 7. The predicted octanol–water partition coefficient (Wildman–Crippen LogP) is 4.62. The molecule has 29 heavy (non-hydrogen) atoms. The van der Waals surface area contributed by atoms with Gasteiger partial charge >= 0.3 is 0 Å². The zero-order chi connectivity index (χ0) is 20.2. The van der Waals surface area contributed by atoms with Crippen LogP contribution in [0.25, 0.3) is 0 Å².